The maximum atomic E-state index is 13.1. The predicted molar refractivity (Wildman–Crippen MR) is 68.5 cm³/mol. The van der Waals surface area contributed by atoms with Crippen molar-refractivity contribution in [3.05, 3.63) is 64.1 Å². The van der Waals surface area contributed by atoms with E-state index in [-0.39, 0.29) is 5.56 Å². The Morgan fingerprint density at radius 1 is 1.06 bits per heavy atom. The highest BCUT2D eigenvalue weighted by Gasteiger charge is 2.09. The zero-order chi connectivity index (χ0) is 13.1. The Hall–Kier alpha value is -1.75. The van der Waals surface area contributed by atoms with Gasteiger partial charge in [0.2, 0.25) is 0 Å². The molecule has 1 amide bonds. The van der Waals surface area contributed by atoms with Gasteiger partial charge in [0, 0.05) is 15.7 Å². The van der Waals surface area contributed by atoms with Crippen molar-refractivity contribution in [1.29, 1.82) is 0 Å². The Labute approximate surface area is 111 Å². The van der Waals surface area contributed by atoms with Crippen LogP contribution in [0.15, 0.2) is 46.9 Å². The second kappa shape index (κ2) is 5.27. The number of benzene rings is 2. The van der Waals surface area contributed by atoms with E-state index in [2.05, 4.69) is 21.2 Å². The Balaban J connectivity index is 2.22. The minimum atomic E-state index is -0.520. The van der Waals surface area contributed by atoms with Crippen LogP contribution in [-0.4, -0.2) is 5.91 Å². The summed E-state index contributed by atoms with van der Waals surface area (Å²) in [6.45, 7) is 0. The number of anilines is 1. The summed E-state index contributed by atoms with van der Waals surface area (Å²) in [5, 5.41) is 2.49. The molecular formula is C13H8BrF2NO. The molecule has 0 saturated heterocycles. The van der Waals surface area contributed by atoms with E-state index in [4.69, 9.17) is 0 Å². The number of amides is 1. The number of carbonyl (C=O) groups excluding carboxylic acids is 1. The Morgan fingerprint density at radius 3 is 2.50 bits per heavy atom. The van der Waals surface area contributed by atoms with E-state index in [0.717, 1.165) is 6.07 Å². The molecule has 1 N–H and O–H groups in total. The lowest BCUT2D eigenvalue weighted by molar-refractivity contribution is 0.102. The van der Waals surface area contributed by atoms with Gasteiger partial charge in [-0.15, -0.1) is 0 Å². The van der Waals surface area contributed by atoms with Crippen molar-refractivity contribution in [2.24, 2.45) is 0 Å². The molecule has 2 aromatic rings. The molecule has 2 aromatic carbocycles. The van der Waals surface area contributed by atoms with Gasteiger partial charge in [0.1, 0.15) is 11.6 Å². The smallest absolute Gasteiger partial charge is 0.255 e. The van der Waals surface area contributed by atoms with Crippen molar-refractivity contribution in [1.82, 2.24) is 0 Å². The molecule has 0 spiro atoms. The van der Waals surface area contributed by atoms with Crippen LogP contribution in [0.1, 0.15) is 10.4 Å². The monoisotopic (exact) mass is 311 g/mol. The van der Waals surface area contributed by atoms with Gasteiger partial charge in [0.25, 0.3) is 5.91 Å². The Kier molecular flexibility index (Phi) is 3.72. The van der Waals surface area contributed by atoms with Crippen molar-refractivity contribution >= 4 is 27.5 Å². The molecule has 2 rings (SSSR count). The van der Waals surface area contributed by atoms with Gasteiger partial charge in [-0.05, 0) is 36.4 Å². The summed E-state index contributed by atoms with van der Waals surface area (Å²) < 4.78 is 26.5. The topological polar surface area (TPSA) is 29.1 Å². The van der Waals surface area contributed by atoms with E-state index in [1.54, 1.807) is 6.07 Å². The molecule has 0 saturated carbocycles. The Bertz CT molecular complexity index is 581. The van der Waals surface area contributed by atoms with Gasteiger partial charge in [-0.25, -0.2) is 8.78 Å². The van der Waals surface area contributed by atoms with Crippen LogP contribution in [0.5, 0.6) is 0 Å². The van der Waals surface area contributed by atoms with Crippen molar-refractivity contribution in [2.45, 2.75) is 0 Å². The van der Waals surface area contributed by atoms with Gasteiger partial charge in [0.15, 0.2) is 0 Å². The number of rotatable bonds is 2. The van der Waals surface area contributed by atoms with Gasteiger partial charge in [-0.1, -0.05) is 22.0 Å². The van der Waals surface area contributed by atoms with E-state index < -0.39 is 17.5 Å². The third-order valence-electron chi connectivity index (χ3n) is 2.21. The van der Waals surface area contributed by atoms with Crippen LogP contribution in [0.25, 0.3) is 0 Å². The summed E-state index contributed by atoms with van der Waals surface area (Å²) in [6.07, 6.45) is 0. The average Bonchev–Trinajstić information content (AvgIpc) is 2.27. The third-order valence-corrected chi connectivity index (χ3v) is 2.67. The molecule has 0 aliphatic heterocycles. The Morgan fingerprint density at radius 2 is 1.83 bits per heavy atom. The highest BCUT2D eigenvalue weighted by molar-refractivity contribution is 9.10. The first-order chi connectivity index (χ1) is 8.54. The van der Waals surface area contributed by atoms with Crippen molar-refractivity contribution in [2.75, 3.05) is 5.32 Å². The fraction of sp³-hybridized carbons (Fsp3) is 0. The summed E-state index contributed by atoms with van der Waals surface area (Å²) in [5.74, 6) is -1.47. The van der Waals surface area contributed by atoms with Crippen LogP contribution in [0.4, 0.5) is 14.5 Å². The lowest BCUT2D eigenvalue weighted by Gasteiger charge is -2.06. The molecule has 0 aromatic heterocycles. The van der Waals surface area contributed by atoms with Gasteiger partial charge in [-0.3, -0.25) is 4.79 Å². The van der Waals surface area contributed by atoms with E-state index >= 15 is 0 Å². The lowest BCUT2D eigenvalue weighted by atomic mass is 10.2. The first kappa shape index (κ1) is 12.7. The third kappa shape index (κ3) is 3.13. The SMILES string of the molecule is O=C(Nc1cccc(F)c1)c1cc(F)cc(Br)c1. The summed E-state index contributed by atoms with van der Waals surface area (Å²) in [7, 11) is 0. The molecule has 5 heteroatoms. The minimum absolute atomic E-state index is 0.158. The molecule has 2 nitrogen and oxygen atoms in total. The van der Waals surface area contributed by atoms with E-state index in [1.807, 2.05) is 0 Å². The number of halogens is 3. The molecule has 0 unspecified atom stereocenters. The summed E-state index contributed by atoms with van der Waals surface area (Å²) in [4.78, 5) is 11.8. The first-order valence-electron chi connectivity index (χ1n) is 5.07. The van der Waals surface area contributed by atoms with Crippen LogP contribution in [0.3, 0.4) is 0 Å². The normalized spacial score (nSPS) is 10.2. The van der Waals surface area contributed by atoms with Crippen LogP contribution in [0.2, 0.25) is 0 Å². The molecule has 92 valence electrons. The van der Waals surface area contributed by atoms with Crippen molar-refractivity contribution in [3.63, 3.8) is 0 Å². The van der Waals surface area contributed by atoms with Crippen LogP contribution in [0, 0.1) is 11.6 Å². The molecule has 0 heterocycles. The van der Waals surface area contributed by atoms with E-state index in [1.165, 1.54) is 30.3 Å². The number of hydrogen-bond donors (Lipinski definition) is 1. The van der Waals surface area contributed by atoms with Crippen molar-refractivity contribution in [3.8, 4) is 0 Å². The van der Waals surface area contributed by atoms with Crippen LogP contribution >= 0.6 is 15.9 Å². The molecule has 0 aliphatic rings. The molecule has 0 aliphatic carbocycles. The molecule has 0 bridgehead atoms. The molecule has 0 fully saturated rings. The number of hydrogen-bond acceptors (Lipinski definition) is 1. The summed E-state index contributed by atoms with van der Waals surface area (Å²) in [5.41, 5.74) is 0.478. The van der Waals surface area contributed by atoms with Gasteiger partial charge < -0.3 is 5.32 Å². The predicted octanol–water partition coefficient (Wildman–Crippen LogP) is 3.98. The molecule has 0 radical (unpaired) electrons. The van der Waals surface area contributed by atoms with Crippen LogP contribution in [-0.2, 0) is 0 Å². The molecule has 0 atom stereocenters. The maximum absolute atomic E-state index is 13.1. The fourth-order valence-corrected chi connectivity index (χ4v) is 1.92. The van der Waals surface area contributed by atoms with Gasteiger partial charge in [0.05, 0.1) is 0 Å². The van der Waals surface area contributed by atoms with Crippen LogP contribution < -0.4 is 5.32 Å². The molecule has 18 heavy (non-hydrogen) atoms. The maximum Gasteiger partial charge on any atom is 0.255 e. The standard InChI is InChI=1S/C13H8BrF2NO/c14-9-4-8(5-11(16)6-9)13(18)17-12-3-1-2-10(15)7-12/h1-7H,(H,17,18). The van der Waals surface area contributed by atoms with Gasteiger partial charge in [-0.2, -0.15) is 0 Å². The first-order valence-corrected chi connectivity index (χ1v) is 5.87. The second-order valence-electron chi connectivity index (χ2n) is 3.62. The van der Waals surface area contributed by atoms with E-state index in [0.29, 0.717) is 10.2 Å². The summed E-state index contributed by atoms with van der Waals surface area (Å²) in [6, 6.07) is 9.33. The molecular weight excluding hydrogens is 304 g/mol. The second-order valence-corrected chi connectivity index (χ2v) is 4.54. The largest absolute Gasteiger partial charge is 0.322 e. The summed E-state index contributed by atoms with van der Waals surface area (Å²) >= 11 is 3.10. The highest BCUT2D eigenvalue weighted by atomic mass is 79.9. The number of carbonyl (C=O) groups is 1. The highest BCUT2D eigenvalue weighted by Crippen LogP contribution is 2.17. The van der Waals surface area contributed by atoms with Crippen molar-refractivity contribution < 1.29 is 13.6 Å². The lowest BCUT2D eigenvalue weighted by Crippen LogP contribution is -2.12. The fourth-order valence-electron chi connectivity index (χ4n) is 1.45. The van der Waals surface area contributed by atoms with Gasteiger partial charge >= 0.3 is 0 Å². The van der Waals surface area contributed by atoms with E-state index in [9.17, 15) is 13.6 Å². The minimum Gasteiger partial charge on any atom is -0.322 e. The zero-order valence-corrected chi connectivity index (χ0v) is 10.7. The zero-order valence-electron chi connectivity index (χ0n) is 9.08. The average molecular weight is 312 g/mol. The quantitative estimate of drug-likeness (QED) is 0.893. The number of nitrogens with one attached hydrogen (secondary N) is 1.